The molecule has 22 heavy (non-hydrogen) atoms. The van der Waals surface area contributed by atoms with Gasteiger partial charge in [0.25, 0.3) is 0 Å². The van der Waals surface area contributed by atoms with Crippen molar-refractivity contribution in [2.75, 3.05) is 7.11 Å². The van der Waals surface area contributed by atoms with Crippen molar-refractivity contribution in [3.63, 3.8) is 0 Å². The van der Waals surface area contributed by atoms with Crippen molar-refractivity contribution in [3.8, 4) is 17.6 Å². The Kier molecular flexibility index (Phi) is 4.99. The smallest absolute Gasteiger partial charge is 0.339 e. The number of hydrogen-bond donors (Lipinski definition) is 1. The monoisotopic (exact) mass is 303 g/mol. The number of ether oxygens (including phenoxy) is 2. The summed E-state index contributed by atoms with van der Waals surface area (Å²) in [4.78, 5) is 22.0. The van der Waals surface area contributed by atoms with Crippen LogP contribution in [0, 0.1) is 17.2 Å². The van der Waals surface area contributed by atoms with E-state index in [1.807, 2.05) is 6.07 Å². The number of carboxylic acid groups (broad SMARTS) is 1. The summed E-state index contributed by atoms with van der Waals surface area (Å²) in [5.41, 5.74) is 0.192. The van der Waals surface area contributed by atoms with Crippen LogP contribution in [0.2, 0.25) is 0 Å². The zero-order valence-electron chi connectivity index (χ0n) is 12.2. The fraction of sp³-hybridized carbons (Fsp3) is 0.438. The van der Waals surface area contributed by atoms with E-state index in [1.54, 1.807) is 0 Å². The van der Waals surface area contributed by atoms with Crippen LogP contribution >= 0.6 is 0 Å². The van der Waals surface area contributed by atoms with Crippen molar-refractivity contribution in [2.24, 2.45) is 5.92 Å². The molecule has 0 atom stereocenters. The van der Waals surface area contributed by atoms with E-state index in [2.05, 4.69) is 0 Å². The molecule has 116 valence electrons. The van der Waals surface area contributed by atoms with E-state index in [1.165, 1.54) is 19.2 Å². The highest BCUT2D eigenvalue weighted by Crippen LogP contribution is 2.32. The largest absolute Gasteiger partial charge is 0.496 e. The molecule has 6 nitrogen and oxygen atoms in total. The number of nitrogens with zero attached hydrogens (tertiary/aromatic N) is 1. The van der Waals surface area contributed by atoms with Crippen molar-refractivity contribution in [1.82, 2.24) is 0 Å². The Labute approximate surface area is 128 Å². The van der Waals surface area contributed by atoms with Crippen molar-refractivity contribution >= 4 is 12.3 Å². The van der Waals surface area contributed by atoms with Crippen LogP contribution < -0.4 is 9.47 Å². The molecule has 0 amide bonds. The predicted molar refractivity (Wildman–Crippen MR) is 77.1 cm³/mol. The Morgan fingerprint density at radius 2 is 2.00 bits per heavy atom. The molecule has 1 saturated carbocycles. The molecule has 0 saturated heterocycles. The molecule has 2 rings (SSSR count). The van der Waals surface area contributed by atoms with Crippen LogP contribution in [0.3, 0.4) is 0 Å². The topological polar surface area (TPSA) is 96.6 Å². The minimum absolute atomic E-state index is 0.0434. The van der Waals surface area contributed by atoms with E-state index in [4.69, 9.17) is 9.47 Å². The second-order valence-corrected chi connectivity index (χ2v) is 5.26. The van der Waals surface area contributed by atoms with Gasteiger partial charge in [-0.3, -0.25) is 0 Å². The predicted octanol–water partition coefficient (Wildman–Crippen LogP) is 2.40. The van der Waals surface area contributed by atoms with Crippen LogP contribution in [0.15, 0.2) is 12.1 Å². The van der Waals surface area contributed by atoms with Crippen LogP contribution in [0.5, 0.6) is 11.5 Å². The maximum absolute atomic E-state index is 11.2. The summed E-state index contributed by atoms with van der Waals surface area (Å²) in [5.74, 6) is -0.701. The van der Waals surface area contributed by atoms with Crippen LogP contribution in [-0.4, -0.2) is 30.6 Å². The fourth-order valence-electron chi connectivity index (χ4n) is 2.60. The molecule has 1 aromatic carbocycles. The van der Waals surface area contributed by atoms with Gasteiger partial charge in [0, 0.05) is 12.0 Å². The molecule has 6 heteroatoms. The molecule has 1 fully saturated rings. The first-order valence-corrected chi connectivity index (χ1v) is 7.06. The number of carbonyl (C=O) groups excluding carboxylic acids is 1. The maximum atomic E-state index is 11.2. The first-order chi connectivity index (χ1) is 10.6. The van der Waals surface area contributed by atoms with Crippen LogP contribution in [0.25, 0.3) is 0 Å². The Hall–Kier alpha value is -2.55. The first-order valence-electron chi connectivity index (χ1n) is 7.06. The normalized spacial score (nSPS) is 20.7. The van der Waals surface area contributed by atoms with Gasteiger partial charge in [0.15, 0.2) is 0 Å². The van der Waals surface area contributed by atoms with Crippen LogP contribution in [0.4, 0.5) is 0 Å². The lowest BCUT2D eigenvalue weighted by Gasteiger charge is -2.26. The van der Waals surface area contributed by atoms with E-state index >= 15 is 0 Å². The molecular formula is C16H17NO5. The Bertz CT molecular complexity index is 612. The third kappa shape index (κ3) is 3.37. The standard InChI is InChI=1S/C16H17NO5/c1-21-15-6-11(8-17)14(7-13(15)16(19)20)22-12-4-2-10(9-18)3-5-12/h6-7,9-10,12H,2-5H2,1H3,(H,19,20). The lowest BCUT2D eigenvalue weighted by Crippen LogP contribution is -2.25. The van der Waals surface area contributed by atoms with E-state index in [0.717, 1.165) is 19.1 Å². The number of aldehydes is 1. The van der Waals surface area contributed by atoms with Gasteiger partial charge in [0.1, 0.15) is 29.4 Å². The van der Waals surface area contributed by atoms with E-state index < -0.39 is 5.97 Å². The molecule has 1 aliphatic carbocycles. The SMILES string of the molecule is COc1cc(C#N)c(OC2CCC(C=O)CC2)cc1C(=O)O. The van der Waals surface area contributed by atoms with Crippen LogP contribution in [0.1, 0.15) is 41.6 Å². The van der Waals surface area contributed by atoms with E-state index in [9.17, 15) is 20.0 Å². The molecule has 0 spiro atoms. The van der Waals surface area contributed by atoms with Crippen molar-refractivity contribution < 1.29 is 24.2 Å². The first kappa shape index (κ1) is 15.8. The van der Waals surface area contributed by atoms with Crippen LogP contribution in [-0.2, 0) is 4.79 Å². The van der Waals surface area contributed by atoms with Gasteiger partial charge in [0.05, 0.1) is 18.8 Å². The average Bonchev–Trinajstić information content (AvgIpc) is 2.55. The summed E-state index contributed by atoms with van der Waals surface area (Å²) >= 11 is 0. The summed E-state index contributed by atoms with van der Waals surface area (Å²) in [7, 11) is 1.35. The molecule has 0 bridgehead atoms. The zero-order valence-corrected chi connectivity index (χ0v) is 12.2. The average molecular weight is 303 g/mol. The van der Waals surface area contributed by atoms with Gasteiger partial charge in [-0.2, -0.15) is 5.26 Å². The highest BCUT2D eigenvalue weighted by Gasteiger charge is 2.24. The molecule has 0 radical (unpaired) electrons. The second kappa shape index (κ2) is 6.94. The number of aromatic carboxylic acids is 1. The highest BCUT2D eigenvalue weighted by atomic mass is 16.5. The lowest BCUT2D eigenvalue weighted by atomic mass is 9.88. The van der Waals surface area contributed by atoms with Gasteiger partial charge in [0.2, 0.25) is 0 Å². The summed E-state index contributed by atoms with van der Waals surface area (Å²) in [6, 6.07) is 4.69. The minimum atomic E-state index is -1.14. The summed E-state index contributed by atoms with van der Waals surface area (Å²) < 4.78 is 10.8. The third-order valence-electron chi connectivity index (χ3n) is 3.86. The number of rotatable bonds is 5. The zero-order chi connectivity index (χ0) is 16.1. The maximum Gasteiger partial charge on any atom is 0.339 e. The quantitative estimate of drug-likeness (QED) is 0.839. The number of carbonyl (C=O) groups is 2. The minimum Gasteiger partial charge on any atom is -0.496 e. The van der Waals surface area contributed by atoms with Gasteiger partial charge in [-0.05, 0) is 31.7 Å². The van der Waals surface area contributed by atoms with Gasteiger partial charge < -0.3 is 19.4 Å². The number of hydrogen-bond acceptors (Lipinski definition) is 5. The third-order valence-corrected chi connectivity index (χ3v) is 3.86. The molecule has 1 N–H and O–H groups in total. The van der Waals surface area contributed by atoms with E-state index in [0.29, 0.717) is 12.8 Å². The molecule has 1 aliphatic rings. The van der Waals surface area contributed by atoms with Gasteiger partial charge in [-0.25, -0.2) is 4.79 Å². The summed E-state index contributed by atoms with van der Waals surface area (Å²) in [6.45, 7) is 0. The Morgan fingerprint density at radius 3 is 2.50 bits per heavy atom. The summed E-state index contributed by atoms with van der Waals surface area (Å²) in [5, 5.41) is 18.4. The highest BCUT2D eigenvalue weighted by molar-refractivity contribution is 5.92. The number of carboxylic acids is 1. The Morgan fingerprint density at radius 1 is 1.32 bits per heavy atom. The van der Waals surface area contributed by atoms with E-state index in [-0.39, 0.29) is 34.6 Å². The molecule has 0 aromatic heterocycles. The van der Waals surface area contributed by atoms with Gasteiger partial charge in [-0.1, -0.05) is 0 Å². The Balaban J connectivity index is 2.23. The van der Waals surface area contributed by atoms with Crippen molar-refractivity contribution in [3.05, 3.63) is 23.3 Å². The number of benzene rings is 1. The molecule has 0 aliphatic heterocycles. The molecular weight excluding hydrogens is 286 g/mol. The second-order valence-electron chi connectivity index (χ2n) is 5.26. The number of methoxy groups -OCH3 is 1. The summed E-state index contributed by atoms with van der Waals surface area (Å²) in [6.07, 6.45) is 3.77. The van der Waals surface area contributed by atoms with Crippen molar-refractivity contribution in [2.45, 2.75) is 31.8 Å². The number of nitriles is 1. The molecule has 0 unspecified atom stereocenters. The lowest BCUT2D eigenvalue weighted by molar-refractivity contribution is -0.112. The molecule has 0 heterocycles. The van der Waals surface area contributed by atoms with Crippen molar-refractivity contribution in [1.29, 1.82) is 5.26 Å². The fourth-order valence-corrected chi connectivity index (χ4v) is 2.60. The molecule has 1 aromatic rings. The van der Waals surface area contributed by atoms with Gasteiger partial charge >= 0.3 is 5.97 Å². The van der Waals surface area contributed by atoms with Gasteiger partial charge in [-0.15, -0.1) is 0 Å².